The summed E-state index contributed by atoms with van der Waals surface area (Å²) in [5, 5.41) is 14.8. The van der Waals surface area contributed by atoms with Gasteiger partial charge in [-0.15, -0.1) is 0 Å². The summed E-state index contributed by atoms with van der Waals surface area (Å²) in [5.41, 5.74) is 9.54. The van der Waals surface area contributed by atoms with E-state index in [2.05, 4.69) is 25.8 Å². The van der Waals surface area contributed by atoms with Crippen LogP contribution in [0.1, 0.15) is 26.5 Å². The molecule has 10 heteroatoms. The van der Waals surface area contributed by atoms with Crippen molar-refractivity contribution in [1.29, 1.82) is 0 Å². The topological polar surface area (TPSA) is 137 Å². The maximum atomic E-state index is 12.4. The lowest BCUT2D eigenvalue weighted by molar-refractivity contribution is 0.262. The Bertz CT molecular complexity index is 1500. The largest absolute Gasteiger partial charge is 0.383 e. The van der Waals surface area contributed by atoms with Crippen molar-refractivity contribution in [2.75, 3.05) is 16.4 Å². The van der Waals surface area contributed by atoms with E-state index in [0.29, 0.717) is 39.8 Å². The Balaban J connectivity index is 1.38. The molecule has 0 unspecified atom stereocenters. The normalized spacial score (nSPS) is 11.5. The summed E-state index contributed by atoms with van der Waals surface area (Å²) in [7, 11) is 0. The smallest absolute Gasteiger partial charge is 0.324 e. The van der Waals surface area contributed by atoms with Crippen LogP contribution in [0.4, 0.5) is 22.1 Å². The Kier molecular flexibility index (Phi) is 5.40. The van der Waals surface area contributed by atoms with Crippen molar-refractivity contribution >= 4 is 34.4 Å². The van der Waals surface area contributed by atoms with E-state index in [1.807, 2.05) is 63.2 Å². The number of nitrogen functional groups attached to an aromatic ring is 1. The first kappa shape index (κ1) is 22.1. The second-order valence-corrected chi connectivity index (χ2v) is 9.04. The highest BCUT2D eigenvalue weighted by atomic mass is 16.5. The Hall–Kier alpha value is -4.73. The monoisotopic (exact) mass is 468 g/mol. The minimum Gasteiger partial charge on any atom is -0.383 e. The molecule has 4 N–H and O–H groups in total. The Morgan fingerprint density at radius 1 is 1.00 bits per heavy atom. The van der Waals surface area contributed by atoms with Gasteiger partial charge in [0.1, 0.15) is 23.6 Å². The quantitative estimate of drug-likeness (QED) is 0.338. The molecule has 0 radical (unpaired) electrons. The fourth-order valence-corrected chi connectivity index (χ4v) is 3.60. The third-order valence-corrected chi connectivity index (χ3v) is 5.40. The number of nitrogens with two attached hydrogens (primary N) is 1. The number of nitrogens with one attached hydrogen (secondary N) is 2. The van der Waals surface area contributed by atoms with Gasteiger partial charge in [0.2, 0.25) is 0 Å². The number of nitrogens with zero attached hydrogens (tertiary/aromatic N) is 5. The molecular weight excluding hydrogens is 444 g/mol. The van der Waals surface area contributed by atoms with E-state index in [1.165, 1.54) is 6.33 Å². The van der Waals surface area contributed by atoms with Crippen molar-refractivity contribution in [3.8, 4) is 16.9 Å². The standard InChI is InChI=1S/C25H24N8O2/c1-25(2,3)18-13-19(32-35-18)30-24(34)29-16-9-11-17(12-10-16)33-23-20(22(26)27-14-28-23)21(31-33)15-7-5-4-6-8-15/h4-14H,1-3H3,(H2,26,27,28)(H2,29,30,32,34). The Labute approximate surface area is 201 Å². The van der Waals surface area contributed by atoms with Crippen LogP contribution in [0.15, 0.2) is 71.5 Å². The van der Waals surface area contributed by atoms with E-state index in [-0.39, 0.29) is 5.41 Å². The number of aromatic nitrogens is 5. The van der Waals surface area contributed by atoms with Crippen molar-refractivity contribution in [2.24, 2.45) is 0 Å². The Morgan fingerprint density at radius 3 is 2.43 bits per heavy atom. The third-order valence-electron chi connectivity index (χ3n) is 5.40. The molecule has 0 spiro atoms. The number of fused-ring (bicyclic) bond motifs is 1. The molecule has 3 aromatic heterocycles. The Morgan fingerprint density at radius 2 is 1.74 bits per heavy atom. The highest BCUT2D eigenvalue weighted by Crippen LogP contribution is 2.31. The second-order valence-electron chi connectivity index (χ2n) is 9.04. The van der Waals surface area contributed by atoms with Gasteiger partial charge in [0.05, 0.1) is 11.1 Å². The molecular formula is C25H24N8O2. The first-order valence-electron chi connectivity index (χ1n) is 11.0. The summed E-state index contributed by atoms with van der Waals surface area (Å²) in [6, 6.07) is 18.3. The highest BCUT2D eigenvalue weighted by molar-refractivity contribution is 6.00. The molecule has 2 aromatic carbocycles. The first-order valence-corrected chi connectivity index (χ1v) is 11.0. The van der Waals surface area contributed by atoms with Crippen molar-refractivity contribution < 1.29 is 9.32 Å². The number of urea groups is 1. The van der Waals surface area contributed by atoms with Crippen LogP contribution in [0.25, 0.3) is 28.0 Å². The van der Waals surface area contributed by atoms with E-state index < -0.39 is 6.03 Å². The van der Waals surface area contributed by atoms with Crippen LogP contribution in [0, 0.1) is 0 Å². The van der Waals surface area contributed by atoms with Crippen LogP contribution in [0.5, 0.6) is 0 Å². The molecule has 176 valence electrons. The number of hydrogen-bond donors (Lipinski definition) is 3. The summed E-state index contributed by atoms with van der Waals surface area (Å²) < 4.78 is 7.01. The fourth-order valence-electron chi connectivity index (χ4n) is 3.60. The number of carbonyl (C=O) groups excluding carboxylic acids is 1. The van der Waals surface area contributed by atoms with E-state index >= 15 is 0 Å². The van der Waals surface area contributed by atoms with Gasteiger partial charge in [-0.2, -0.15) is 5.10 Å². The number of benzene rings is 2. The van der Waals surface area contributed by atoms with Gasteiger partial charge in [0.15, 0.2) is 11.5 Å². The molecule has 3 heterocycles. The van der Waals surface area contributed by atoms with Gasteiger partial charge in [-0.1, -0.05) is 56.3 Å². The minimum absolute atomic E-state index is 0.203. The van der Waals surface area contributed by atoms with Gasteiger partial charge < -0.3 is 15.6 Å². The summed E-state index contributed by atoms with van der Waals surface area (Å²) in [6.45, 7) is 6.01. The van der Waals surface area contributed by atoms with Gasteiger partial charge in [0, 0.05) is 22.7 Å². The molecule has 0 atom stereocenters. The summed E-state index contributed by atoms with van der Waals surface area (Å²) in [6.07, 6.45) is 1.42. The summed E-state index contributed by atoms with van der Waals surface area (Å²) in [5.74, 6) is 1.39. The molecule has 0 fully saturated rings. The predicted octanol–water partition coefficient (Wildman–Crippen LogP) is 4.99. The van der Waals surface area contributed by atoms with Crippen LogP contribution in [-0.2, 0) is 5.41 Å². The van der Waals surface area contributed by atoms with Crippen LogP contribution in [-0.4, -0.2) is 30.9 Å². The predicted molar refractivity (Wildman–Crippen MR) is 134 cm³/mol. The molecule has 0 aliphatic rings. The maximum Gasteiger partial charge on any atom is 0.324 e. The lowest BCUT2D eigenvalue weighted by Crippen LogP contribution is -2.19. The molecule has 0 saturated carbocycles. The number of hydrogen-bond acceptors (Lipinski definition) is 7. The average Bonchev–Trinajstić information content (AvgIpc) is 3.46. The van der Waals surface area contributed by atoms with E-state index in [9.17, 15) is 4.79 Å². The van der Waals surface area contributed by atoms with Gasteiger partial charge in [0.25, 0.3) is 0 Å². The number of amides is 2. The van der Waals surface area contributed by atoms with Crippen molar-refractivity contribution in [1.82, 2.24) is 24.9 Å². The zero-order valence-electron chi connectivity index (χ0n) is 19.5. The van der Waals surface area contributed by atoms with Crippen molar-refractivity contribution in [3.63, 3.8) is 0 Å². The molecule has 2 amide bonds. The van der Waals surface area contributed by atoms with Gasteiger partial charge in [-0.3, -0.25) is 5.32 Å². The number of rotatable bonds is 4. The molecule has 5 rings (SSSR count). The summed E-state index contributed by atoms with van der Waals surface area (Å²) >= 11 is 0. The van der Waals surface area contributed by atoms with Gasteiger partial charge in [-0.05, 0) is 24.3 Å². The van der Waals surface area contributed by atoms with Gasteiger partial charge >= 0.3 is 6.03 Å². The molecule has 35 heavy (non-hydrogen) atoms. The highest BCUT2D eigenvalue weighted by Gasteiger charge is 2.21. The zero-order valence-corrected chi connectivity index (χ0v) is 19.5. The molecule has 0 bridgehead atoms. The van der Waals surface area contributed by atoms with Crippen molar-refractivity contribution in [2.45, 2.75) is 26.2 Å². The molecule has 10 nitrogen and oxygen atoms in total. The maximum absolute atomic E-state index is 12.4. The second kappa shape index (κ2) is 8.56. The number of anilines is 3. The van der Waals surface area contributed by atoms with E-state index in [0.717, 1.165) is 11.3 Å². The SMILES string of the molecule is CC(C)(C)c1cc(NC(=O)Nc2ccc(-n3nc(-c4ccccc4)c4c(N)ncnc43)cc2)no1. The molecule has 0 aliphatic heterocycles. The first-order chi connectivity index (χ1) is 16.8. The van der Waals surface area contributed by atoms with Crippen LogP contribution in [0.2, 0.25) is 0 Å². The van der Waals surface area contributed by atoms with E-state index in [4.69, 9.17) is 15.4 Å². The minimum atomic E-state index is -0.428. The van der Waals surface area contributed by atoms with Crippen LogP contribution < -0.4 is 16.4 Å². The lowest BCUT2D eigenvalue weighted by Gasteiger charge is -2.12. The van der Waals surface area contributed by atoms with Crippen molar-refractivity contribution in [3.05, 3.63) is 72.8 Å². The zero-order chi connectivity index (χ0) is 24.6. The van der Waals surface area contributed by atoms with Crippen LogP contribution >= 0.6 is 0 Å². The lowest BCUT2D eigenvalue weighted by atomic mass is 9.93. The fraction of sp³-hybridized carbons (Fsp3) is 0.160. The molecule has 0 saturated heterocycles. The summed E-state index contributed by atoms with van der Waals surface area (Å²) in [4.78, 5) is 21.0. The van der Waals surface area contributed by atoms with Gasteiger partial charge in [-0.25, -0.2) is 19.4 Å². The number of carbonyl (C=O) groups is 1. The van der Waals surface area contributed by atoms with Crippen LogP contribution in [0.3, 0.4) is 0 Å². The van der Waals surface area contributed by atoms with E-state index in [1.54, 1.807) is 22.9 Å². The average molecular weight is 469 g/mol. The third kappa shape index (κ3) is 4.41. The molecule has 0 aliphatic carbocycles. The molecule has 5 aromatic rings.